The van der Waals surface area contributed by atoms with Crippen LogP contribution in [-0.2, 0) is 0 Å². The highest BCUT2D eigenvalue weighted by molar-refractivity contribution is 9.10. The number of halogens is 1. The summed E-state index contributed by atoms with van der Waals surface area (Å²) in [6, 6.07) is 19.1. The first-order valence-electron chi connectivity index (χ1n) is 8.99. The third-order valence-electron chi connectivity index (χ3n) is 4.28. The van der Waals surface area contributed by atoms with Crippen LogP contribution < -0.4 is 20.2 Å². The Morgan fingerprint density at radius 2 is 1.77 bits per heavy atom. The first kappa shape index (κ1) is 19.7. The molecule has 2 N–H and O–H groups in total. The Morgan fingerprint density at radius 3 is 2.63 bits per heavy atom. The predicted octanol–water partition coefficient (Wildman–Crippen LogP) is 4.19. The van der Waals surface area contributed by atoms with Crippen molar-refractivity contribution < 1.29 is 19.1 Å². The van der Waals surface area contributed by atoms with E-state index in [1.54, 1.807) is 60.7 Å². The van der Waals surface area contributed by atoms with Crippen molar-refractivity contribution in [3.63, 3.8) is 0 Å². The van der Waals surface area contributed by atoms with Gasteiger partial charge in [-0.3, -0.25) is 9.59 Å². The van der Waals surface area contributed by atoms with Crippen molar-refractivity contribution in [2.45, 2.75) is 0 Å². The van der Waals surface area contributed by atoms with Gasteiger partial charge in [0.15, 0.2) is 11.5 Å². The summed E-state index contributed by atoms with van der Waals surface area (Å²) in [4.78, 5) is 24.8. The molecule has 0 spiro atoms. The van der Waals surface area contributed by atoms with Crippen molar-refractivity contribution in [3.8, 4) is 11.5 Å². The Kier molecular flexibility index (Phi) is 5.76. The molecule has 0 fully saturated rings. The quantitative estimate of drug-likeness (QED) is 0.436. The number of hydrogen-bond donors (Lipinski definition) is 2. The van der Waals surface area contributed by atoms with Crippen LogP contribution in [0.25, 0.3) is 0 Å². The van der Waals surface area contributed by atoms with Crippen LogP contribution in [0.5, 0.6) is 11.5 Å². The highest BCUT2D eigenvalue weighted by atomic mass is 79.9. The zero-order chi connectivity index (χ0) is 20.9. The summed E-state index contributed by atoms with van der Waals surface area (Å²) in [5.41, 5.74) is 4.60. The maximum absolute atomic E-state index is 12.4. The van der Waals surface area contributed by atoms with E-state index >= 15 is 0 Å². The highest BCUT2D eigenvalue weighted by Crippen LogP contribution is 2.31. The van der Waals surface area contributed by atoms with Crippen LogP contribution in [0.3, 0.4) is 0 Å². The Morgan fingerprint density at radius 1 is 0.933 bits per heavy atom. The van der Waals surface area contributed by atoms with Crippen molar-refractivity contribution in [1.29, 1.82) is 0 Å². The molecule has 8 heteroatoms. The Hall–Kier alpha value is -3.65. The number of benzene rings is 3. The predicted molar refractivity (Wildman–Crippen MR) is 116 cm³/mol. The average Bonchev–Trinajstić information content (AvgIpc) is 3.22. The van der Waals surface area contributed by atoms with E-state index in [9.17, 15) is 9.59 Å². The molecule has 3 aromatic carbocycles. The third kappa shape index (κ3) is 4.49. The molecule has 0 saturated heterocycles. The van der Waals surface area contributed by atoms with Crippen molar-refractivity contribution in [2.24, 2.45) is 5.10 Å². The minimum absolute atomic E-state index is 0.195. The zero-order valence-electron chi connectivity index (χ0n) is 15.6. The van der Waals surface area contributed by atoms with Crippen LogP contribution in [0.2, 0.25) is 0 Å². The van der Waals surface area contributed by atoms with Crippen molar-refractivity contribution >= 4 is 39.6 Å². The lowest BCUT2D eigenvalue weighted by molar-refractivity contribution is 0.0953. The monoisotopic (exact) mass is 465 g/mol. The van der Waals surface area contributed by atoms with Crippen LogP contribution in [0.1, 0.15) is 26.3 Å². The van der Waals surface area contributed by atoms with Gasteiger partial charge in [-0.25, -0.2) is 5.43 Å². The minimum atomic E-state index is -0.399. The Balaban J connectivity index is 1.40. The van der Waals surface area contributed by atoms with Crippen molar-refractivity contribution in [3.05, 3.63) is 87.9 Å². The van der Waals surface area contributed by atoms with E-state index in [-0.39, 0.29) is 12.7 Å². The van der Waals surface area contributed by atoms with Gasteiger partial charge in [0.05, 0.1) is 11.8 Å². The molecule has 0 atom stereocenters. The summed E-state index contributed by atoms with van der Waals surface area (Å²) in [7, 11) is 0. The third-order valence-corrected chi connectivity index (χ3v) is 4.97. The number of anilines is 1. The van der Waals surface area contributed by atoms with E-state index in [2.05, 4.69) is 31.8 Å². The zero-order valence-corrected chi connectivity index (χ0v) is 17.2. The first-order valence-corrected chi connectivity index (χ1v) is 9.78. The second-order valence-electron chi connectivity index (χ2n) is 6.33. The maximum Gasteiger partial charge on any atom is 0.271 e. The van der Waals surface area contributed by atoms with Crippen LogP contribution in [0, 0.1) is 0 Å². The van der Waals surface area contributed by atoms with Gasteiger partial charge in [-0.05, 0) is 70.0 Å². The van der Waals surface area contributed by atoms with Gasteiger partial charge in [0.1, 0.15) is 0 Å². The van der Waals surface area contributed by atoms with E-state index < -0.39 is 5.91 Å². The molecule has 0 bridgehead atoms. The maximum atomic E-state index is 12.4. The van der Waals surface area contributed by atoms with Gasteiger partial charge < -0.3 is 14.8 Å². The Labute approximate surface area is 180 Å². The first-order chi connectivity index (χ1) is 14.6. The second-order valence-corrected chi connectivity index (χ2v) is 7.18. The van der Waals surface area contributed by atoms with E-state index in [0.717, 1.165) is 5.56 Å². The molecule has 0 saturated carbocycles. The summed E-state index contributed by atoms with van der Waals surface area (Å²) >= 11 is 3.36. The van der Waals surface area contributed by atoms with E-state index in [1.807, 2.05) is 6.07 Å². The number of nitrogens with zero attached hydrogens (tertiary/aromatic N) is 1. The van der Waals surface area contributed by atoms with Crippen LogP contribution in [0.15, 0.2) is 76.3 Å². The summed E-state index contributed by atoms with van der Waals surface area (Å²) in [5.74, 6) is 0.640. The van der Waals surface area contributed by atoms with Gasteiger partial charge in [-0.1, -0.05) is 18.2 Å². The molecule has 0 aromatic heterocycles. The molecule has 0 unspecified atom stereocenters. The standard InChI is InChI=1S/C22H16BrN3O4/c23-18-7-2-1-6-17(18)22(28)25-16-5-3-4-15(11-16)21(27)26-24-12-14-8-9-19-20(10-14)30-13-29-19/h1-12H,13H2,(H,25,28)(H,26,27)/b24-12+. The fourth-order valence-corrected chi connectivity index (χ4v) is 3.27. The van der Waals surface area contributed by atoms with Gasteiger partial charge in [0, 0.05) is 15.7 Å². The molecule has 1 aliphatic heterocycles. The number of ether oxygens (including phenoxy) is 2. The van der Waals surface area contributed by atoms with Crippen LogP contribution >= 0.6 is 15.9 Å². The Bertz CT molecular complexity index is 1150. The number of carbonyl (C=O) groups is 2. The van der Waals surface area contributed by atoms with Crippen LogP contribution in [0.4, 0.5) is 5.69 Å². The second kappa shape index (κ2) is 8.79. The number of fused-ring (bicyclic) bond motifs is 1. The van der Waals surface area contributed by atoms with Gasteiger partial charge in [0.25, 0.3) is 11.8 Å². The molecule has 2 amide bonds. The molecular weight excluding hydrogens is 450 g/mol. The smallest absolute Gasteiger partial charge is 0.271 e. The lowest BCUT2D eigenvalue weighted by atomic mass is 10.1. The van der Waals surface area contributed by atoms with Gasteiger partial charge in [-0.2, -0.15) is 5.10 Å². The van der Waals surface area contributed by atoms with Crippen molar-refractivity contribution in [2.75, 3.05) is 12.1 Å². The van der Waals surface area contributed by atoms with E-state index in [1.165, 1.54) is 6.21 Å². The fraction of sp³-hybridized carbons (Fsp3) is 0.0455. The molecular formula is C22H16BrN3O4. The van der Waals surface area contributed by atoms with Gasteiger partial charge in [-0.15, -0.1) is 0 Å². The van der Waals surface area contributed by atoms with E-state index in [4.69, 9.17) is 9.47 Å². The summed E-state index contributed by atoms with van der Waals surface area (Å²) < 4.78 is 11.3. The summed E-state index contributed by atoms with van der Waals surface area (Å²) in [6.07, 6.45) is 1.51. The van der Waals surface area contributed by atoms with Crippen LogP contribution in [-0.4, -0.2) is 24.8 Å². The molecule has 7 nitrogen and oxygen atoms in total. The normalized spacial score (nSPS) is 12.0. The number of nitrogens with one attached hydrogen (secondary N) is 2. The van der Waals surface area contributed by atoms with Crippen molar-refractivity contribution in [1.82, 2.24) is 5.43 Å². The molecule has 0 aliphatic carbocycles. The molecule has 4 rings (SSSR count). The molecule has 150 valence electrons. The largest absolute Gasteiger partial charge is 0.454 e. The van der Waals surface area contributed by atoms with Gasteiger partial charge in [0.2, 0.25) is 6.79 Å². The lowest BCUT2D eigenvalue weighted by Gasteiger charge is -2.08. The molecule has 3 aromatic rings. The number of hydrogen-bond acceptors (Lipinski definition) is 5. The number of amides is 2. The highest BCUT2D eigenvalue weighted by Gasteiger charge is 2.13. The average molecular weight is 466 g/mol. The molecule has 1 aliphatic rings. The molecule has 0 radical (unpaired) electrons. The SMILES string of the molecule is O=C(N/N=C/c1ccc2c(c1)OCO2)c1cccc(NC(=O)c2ccccc2Br)c1. The lowest BCUT2D eigenvalue weighted by Crippen LogP contribution is -2.18. The summed E-state index contributed by atoms with van der Waals surface area (Å²) in [5, 5.41) is 6.77. The topological polar surface area (TPSA) is 89.0 Å². The molecule has 1 heterocycles. The number of hydrazone groups is 1. The molecule has 30 heavy (non-hydrogen) atoms. The fourth-order valence-electron chi connectivity index (χ4n) is 2.81. The number of rotatable bonds is 5. The van der Waals surface area contributed by atoms with Gasteiger partial charge >= 0.3 is 0 Å². The summed E-state index contributed by atoms with van der Waals surface area (Å²) in [6.45, 7) is 0.195. The minimum Gasteiger partial charge on any atom is -0.454 e. The number of carbonyl (C=O) groups excluding carboxylic acids is 2. The van der Waals surface area contributed by atoms with E-state index in [0.29, 0.717) is 32.8 Å².